The number of carbonyl (C=O) groups is 1. The molecule has 242 valence electrons. The third-order valence-electron chi connectivity index (χ3n) is 10.7. The highest BCUT2D eigenvalue weighted by molar-refractivity contribution is 7.16. The van der Waals surface area contributed by atoms with Gasteiger partial charge in [-0.3, -0.25) is 9.69 Å². The monoisotopic (exact) mass is 641 g/mol. The van der Waals surface area contributed by atoms with Gasteiger partial charge in [0.15, 0.2) is 0 Å². The maximum atomic E-state index is 12.2. The quantitative estimate of drug-likeness (QED) is 0.376. The van der Waals surface area contributed by atoms with Crippen molar-refractivity contribution in [2.24, 2.45) is 0 Å². The zero-order chi connectivity index (χ0) is 32.0. The molecule has 3 aromatic rings. The fourth-order valence-corrected chi connectivity index (χ4v) is 9.10. The van der Waals surface area contributed by atoms with Crippen LogP contribution in [0.15, 0.2) is 29.3 Å². The van der Waals surface area contributed by atoms with E-state index in [1.807, 2.05) is 11.0 Å². The maximum Gasteiger partial charge on any atom is 0.246 e. The van der Waals surface area contributed by atoms with Crippen molar-refractivity contribution in [2.45, 2.75) is 69.7 Å². The van der Waals surface area contributed by atoms with E-state index in [4.69, 9.17) is 20.2 Å². The number of aromatic nitrogens is 3. The van der Waals surface area contributed by atoms with E-state index in [1.54, 1.807) is 0 Å². The first-order valence-corrected chi connectivity index (χ1v) is 17.5. The molecule has 0 bridgehead atoms. The molecule has 2 saturated heterocycles. The van der Waals surface area contributed by atoms with Gasteiger partial charge in [-0.15, -0.1) is 11.3 Å². The number of fused-ring (bicyclic) bond motifs is 1. The standard InChI is InChI=1S/C34H43N9O2S/c1-4-28(44)43-17-13-41(14-18-43)24-19-26(37-27(20-24)42-15-11-40(12-16-42)23-7-5-6-8-23)32-38-33(45-39-32)34(3)10-9-22(2)30-29(34)25(21-35)31(36)46-30/h4,19-20,22-23H,1,5-18,36H2,2-3H3. The summed E-state index contributed by atoms with van der Waals surface area (Å²) in [5.74, 6) is 2.12. The molecule has 0 radical (unpaired) electrons. The molecule has 11 nitrogen and oxygen atoms in total. The number of nitriles is 1. The minimum atomic E-state index is -0.614. The molecule has 46 heavy (non-hydrogen) atoms. The van der Waals surface area contributed by atoms with Crippen molar-refractivity contribution in [1.29, 1.82) is 5.26 Å². The number of nitrogen functional groups attached to an aromatic ring is 1. The first kappa shape index (κ1) is 30.7. The maximum absolute atomic E-state index is 12.2. The lowest BCUT2D eigenvalue weighted by molar-refractivity contribution is -0.126. The van der Waals surface area contributed by atoms with Gasteiger partial charge >= 0.3 is 0 Å². The lowest BCUT2D eigenvalue weighted by Crippen LogP contribution is -2.50. The molecule has 0 aromatic carbocycles. The predicted molar refractivity (Wildman–Crippen MR) is 180 cm³/mol. The van der Waals surface area contributed by atoms with E-state index in [0.29, 0.717) is 66.1 Å². The number of pyridine rings is 1. The molecule has 7 rings (SSSR count). The van der Waals surface area contributed by atoms with E-state index in [9.17, 15) is 10.1 Å². The first-order valence-electron chi connectivity index (χ1n) is 16.6. The molecule has 1 amide bonds. The van der Waals surface area contributed by atoms with E-state index in [0.717, 1.165) is 61.0 Å². The van der Waals surface area contributed by atoms with Crippen LogP contribution in [0.25, 0.3) is 11.5 Å². The molecule has 3 aromatic heterocycles. The number of rotatable bonds is 6. The Labute approximate surface area is 274 Å². The minimum absolute atomic E-state index is 0.0316. The van der Waals surface area contributed by atoms with Crippen LogP contribution in [0.2, 0.25) is 0 Å². The molecule has 2 N–H and O–H groups in total. The second-order valence-corrected chi connectivity index (χ2v) is 14.5. The zero-order valence-electron chi connectivity index (χ0n) is 26.9. The molecule has 4 aliphatic rings. The first-order chi connectivity index (χ1) is 22.3. The topological polar surface area (TPSA) is 132 Å². The molecule has 12 heteroatoms. The molecule has 2 unspecified atom stereocenters. The van der Waals surface area contributed by atoms with E-state index in [-0.39, 0.29) is 5.91 Å². The highest BCUT2D eigenvalue weighted by Crippen LogP contribution is 2.52. The Morgan fingerprint density at radius 3 is 2.50 bits per heavy atom. The Kier molecular flexibility index (Phi) is 8.23. The zero-order valence-corrected chi connectivity index (χ0v) is 27.7. The van der Waals surface area contributed by atoms with Gasteiger partial charge in [0.05, 0.1) is 11.0 Å². The van der Waals surface area contributed by atoms with Crippen LogP contribution in [-0.4, -0.2) is 89.2 Å². The summed E-state index contributed by atoms with van der Waals surface area (Å²) >= 11 is 1.51. The molecular weight excluding hydrogens is 599 g/mol. The molecule has 2 atom stereocenters. The van der Waals surface area contributed by atoms with Crippen LogP contribution >= 0.6 is 11.3 Å². The molecule has 2 aliphatic heterocycles. The Morgan fingerprint density at radius 1 is 1.09 bits per heavy atom. The number of thiophene rings is 1. The van der Waals surface area contributed by atoms with Gasteiger partial charge in [0.1, 0.15) is 22.6 Å². The average molecular weight is 642 g/mol. The summed E-state index contributed by atoms with van der Waals surface area (Å²) in [7, 11) is 0. The number of carbonyl (C=O) groups excluding carboxylic acids is 1. The summed E-state index contributed by atoms with van der Waals surface area (Å²) in [4.78, 5) is 32.7. The summed E-state index contributed by atoms with van der Waals surface area (Å²) < 4.78 is 6.02. The van der Waals surface area contributed by atoms with Gasteiger partial charge in [0.2, 0.25) is 17.6 Å². The second-order valence-electron chi connectivity index (χ2n) is 13.4. The van der Waals surface area contributed by atoms with Crippen LogP contribution in [0.4, 0.5) is 16.5 Å². The van der Waals surface area contributed by atoms with Crippen LogP contribution in [0.5, 0.6) is 0 Å². The van der Waals surface area contributed by atoms with Gasteiger partial charge in [-0.05, 0) is 50.7 Å². The molecule has 2 aliphatic carbocycles. The number of anilines is 3. The van der Waals surface area contributed by atoms with Gasteiger partial charge in [0.25, 0.3) is 0 Å². The van der Waals surface area contributed by atoms with Crippen LogP contribution < -0.4 is 15.5 Å². The van der Waals surface area contributed by atoms with Crippen molar-refractivity contribution < 1.29 is 9.32 Å². The van der Waals surface area contributed by atoms with E-state index >= 15 is 0 Å². The Balaban J connectivity index is 1.21. The molecule has 1 saturated carbocycles. The molecule has 3 fully saturated rings. The van der Waals surface area contributed by atoms with Crippen LogP contribution in [0.3, 0.4) is 0 Å². The lowest BCUT2D eigenvalue weighted by Gasteiger charge is -2.39. The van der Waals surface area contributed by atoms with Gasteiger partial charge < -0.3 is 25.0 Å². The van der Waals surface area contributed by atoms with Gasteiger partial charge in [0, 0.05) is 80.6 Å². The average Bonchev–Trinajstić information content (AvgIpc) is 3.87. The van der Waals surface area contributed by atoms with Crippen LogP contribution in [-0.2, 0) is 10.2 Å². The van der Waals surface area contributed by atoms with Gasteiger partial charge in [-0.1, -0.05) is 31.5 Å². The summed E-state index contributed by atoms with van der Waals surface area (Å²) in [6.07, 6.45) is 8.41. The van der Waals surface area contributed by atoms with Crippen molar-refractivity contribution >= 4 is 33.8 Å². The minimum Gasteiger partial charge on any atom is -0.389 e. The normalized spacial score (nSPS) is 24.2. The number of nitrogens with two attached hydrogens (primary N) is 1. The largest absolute Gasteiger partial charge is 0.389 e. The summed E-state index contributed by atoms with van der Waals surface area (Å²) in [5.41, 5.74) is 8.86. The number of amides is 1. The highest BCUT2D eigenvalue weighted by atomic mass is 32.1. The van der Waals surface area contributed by atoms with Gasteiger partial charge in [-0.25, -0.2) is 4.98 Å². The van der Waals surface area contributed by atoms with Crippen LogP contribution in [0.1, 0.15) is 80.2 Å². The van der Waals surface area contributed by atoms with E-state index in [2.05, 4.69) is 52.4 Å². The smallest absolute Gasteiger partial charge is 0.246 e. The van der Waals surface area contributed by atoms with Crippen molar-refractivity contribution in [3.63, 3.8) is 0 Å². The molecule has 5 heterocycles. The van der Waals surface area contributed by atoms with Crippen molar-refractivity contribution in [1.82, 2.24) is 24.9 Å². The van der Waals surface area contributed by atoms with E-state index < -0.39 is 5.41 Å². The molecule has 0 spiro atoms. The summed E-state index contributed by atoms with van der Waals surface area (Å²) in [6, 6.07) is 7.28. The third kappa shape index (κ3) is 5.43. The van der Waals surface area contributed by atoms with Gasteiger partial charge in [-0.2, -0.15) is 10.2 Å². The number of hydrogen-bond donors (Lipinski definition) is 1. The highest BCUT2D eigenvalue weighted by Gasteiger charge is 2.45. The van der Waals surface area contributed by atoms with E-state index in [1.165, 1.54) is 43.1 Å². The fourth-order valence-electron chi connectivity index (χ4n) is 7.86. The predicted octanol–water partition coefficient (Wildman–Crippen LogP) is 4.75. The summed E-state index contributed by atoms with van der Waals surface area (Å²) in [5, 5.41) is 15.0. The van der Waals surface area contributed by atoms with Crippen molar-refractivity contribution in [2.75, 3.05) is 67.9 Å². The second kappa shape index (κ2) is 12.3. The third-order valence-corrected chi connectivity index (χ3v) is 11.9. The fraction of sp³-hybridized carbons (Fsp3) is 0.559. The van der Waals surface area contributed by atoms with Crippen LogP contribution in [0, 0.1) is 11.3 Å². The summed E-state index contributed by atoms with van der Waals surface area (Å²) in [6.45, 7) is 14.5. The molecular formula is C34H43N9O2S. The number of hydrogen-bond acceptors (Lipinski definition) is 11. The van der Waals surface area contributed by atoms with Crippen molar-refractivity contribution in [3.05, 3.63) is 46.7 Å². The van der Waals surface area contributed by atoms with Crippen molar-refractivity contribution in [3.8, 4) is 17.6 Å². The number of piperazine rings is 2. The Morgan fingerprint density at radius 2 is 1.80 bits per heavy atom. The lowest BCUT2D eigenvalue weighted by atomic mass is 9.69. The number of nitrogens with zero attached hydrogens (tertiary/aromatic N) is 8. The Bertz CT molecular complexity index is 1650. The Hall–Kier alpha value is -3.95. The SMILES string of the molecule is C=CC(=O)N1CCN(c2cc(-c3noc(C4(C)CCC(C)c5sc(N)c(C#N)c54)n3)nc(N3CCN(C4CCCC4)CC3)c2)CC1.